The highest BCUT2D eigenvalue weighted by molar-refractivity contribution is 7.15. The summed E-state index contributed by atoms with van der Waals surface area (Å²) in [5.74, 6) is 0.113. The van der Waals surface area contributed by atoms with E-state index in [4.69, 9.17) is 4.74 Å². The van der Waals surface area contributed by atoms with Crippen molar-refractivity contribution in [1.82, 2.24) is 10.2 Å². The summed E-state index contributed by atoms with van der Waals surface area (Å²) in [5, 5.41) is 12.2. The Morgan fingerprint density at radius 3 is 2.83 bits per heavy atom. The molecule has 7 heteroatoms. The number of methoxy groups -OCH3 is 1. The molecule has 0 radical (unpaired) electrons. The molecule has 23 heavy (non-hydrogen) atoms. The molecule has 0 saturated heterocycles. The maximum absolute atomic E-state index is 13.6. The van der Waals surface area contributed by atoms with Gasteiger partial charge in [-0.05, 0) is 30.0 Å². The average molecular weight is 337 g/mol. The summed E-state index contributed by atoms with van der Waals surface area (Å²) in [4.78, 5) is 11.9. The molecule has 2 rings (SSSR count). The van der Waals surface area contributed by atoms with Crippen LogP contribution in [0.1, 0.15) is 30.8 Å². The highest BCUT2D eigenvalue weighted by Gasteiger charge is 2.10. The van der Waals surface area contributed by atoms with Crippen molar-refractivity contribution in [1.29, 1.82) is 0 Å². The first-order valence-corrected chi connectivity index (χ1v) is 8.24. The van der Waals surface area contributed by atoms with Gasteiger partial charge in [0.15, 0.2) is 11.6 Å². The predicted molar refractivity (Wildman–Crippen MR) is 88.4 cm³/mol. The zero-order valence-corrected chi connectivity index (χ0v) is 14.2. The van der Waals surface area contributed by atoms with Crippen molar-refractivity contribution in [3.8, 4) is 5.75 Å². The van der Waals surface area contributed by atoms with Crippen molar-refractivity contribution < 1.29 is 13.9 Å². The molecular weight excluding hydrogens is 317 g/mol. The van der Waals surface area contributed by atoms with Crippen LogP contribution in [0.25, 0.3) is 0 Å². The third-order valence-corrected chi connectivity index (χ3v) is 4.01. The minimum atomic E-state index is -0.423. The monoisotopic (exact) mass is 337 g/mol. The molecule has 0 fully saturated rings. The van der Waals surface area contributed by atoms with E-state index < -0.39 is 5.82 Å². The lowest BCUT2D eigenvalue weighted by atomic mass is 10.1. The van der Waals surface area contributed by atoms with Crippen molar-refractivity contribution >= 4 is 22.4 Å². The van der Waals surface area contributed by atoms with Crippen LogP contribution in [-0.2, 0) is 17.6 Å². The number of carbonyl (C=O) groups is 1. The number of hydrogen-bond acceptors (Lipinski definition) is 5. The van der Waals surface area contributed by atoms with E-state index in [1.807, 2.05) is 0 Å². The molecule has 0 unspecified atom stereocenters. The third kappa shape index (κ3) is 5.28. The molecule has 0 aliphatic carbocycles. The minimum Gasteiger partial charge on any atom is -0.494 e. The summed E-state index contributed by atoms with van der Waals surface area (Å²) in [7, 11) is 1.42. The topological polar surface area (TPSA) is 64.1 Å². The zero-order valence-electron chi connectivity index (χ0n) is 13.4. The number of nitrogens with one attached hydrogen (secondary N) is 1. The van der Waals surface area contributed by atoms with Crippen molar-refractivity contribution in [3.63, 3.8) is 0 Å². The highest BCUT2D eigenvalue weighted by Crippen LogP contribution is 2.20. The lowest BCUT2D eigenvalue weighted by molar-refractivity contribution is -0.116. The van der Waals surface area contributed by atoms with Crippen LogP contribution in [-0.4, -0.2) is 23.2 Å². The smallest absolute Gasteiger partial charge is 0.226 e. The van der Waals surface area contributed by atoms with Gasteiger partial charge in [0.2, 0.25) is 11.0 Å². The number of halogens is 1. The molecule has 0 spiro atoms. The molecule has 1 aromatic heterocycles. The zero-order chi connectivity index (χ0) is 16.8. The molecule has 5 nitrogen and oxygen atoms in total. The number of ether oxygens (including phenoxy) is 1. The van der Waals surface area contributed by atoms with E-state index in [2.05, 4.69) is 29.4 Å². The number of amides is 1. The largest absolute Gasteiger partial charge is 0.494 e. The van der Waals surface area contributed by atoms with Gasteiger partial charge in [0.1, 0.15) is 5.01 Å². The number of aryl methyl sites for hydroxylation is 1. The minimum absolute atomic E-state index is 0.159. The Morgan fingerprint density at radius 2 is 2.17 bits per heavy atom. The lowest BCUT2D eigenvalue weighted by Crippen LogP contribution is -2.12. The number of rotatable bonds is 7. The van der Waals surface area contributed by atoms with Crippen molar-refractivity contribution in [2.24, 2.45) is 5.92 Å². The second kappa shape index (κ2) is 8.01. The van der Waals surface area contributed by atoms with E-state index in [1.54, 1.807) is 12.1 Å². The summed E-state index contributed by atoms with van der Waals surface area (Å²) < 4.78 is 18.5. The number of nitrogens with zero attached hydrogens (tertiary/aromatic N) is 2. The molecule has 2 aromatic rings. The van der Waals surface area contributed by atoms with E-state index in [0.29, 0.717) is 17.5 Å². The summed E-state index contributed by atoms with van der Waals surface area (Å²) >= 11 is 1.39. The summed E-state index contributed by atoms with van der Waals surface area (Å²) in [6.07, 6.45) is 1.55. The van der Waals surface area contributed by atoms with Crippen LogP contribution in [0.2, 0.25) is 0 Å². The van der Waals surface area contributed by atoms with Gasteiger partial charge in [-0.1, -0.05) is 31.3 Å². The van der Waals surface area contributed by atoms with Crippen LogP contribution in [0.5, 0.6) is 5.75 Å². The predicted octanol–water partition coefficient (Wildman–Crippen LogP) is 3.46. The SMILES string of the molecule is COc1ccc(CCC(=O)Nc2nnc(CC(C)C)s2)cc1F. The van der Waals surface area contributed by atoms with E-state index in [9.17, 15) is 9.18 Å². The van der Waals surface area contributed by atoms with Gasteiger partial charge in [-0.15, -0.1) is 10.2 Å². The van der Waals surface area contributed by atoms with Crippen LogP contribution in [0.4, 0.5) is 9.52 Å². The van der Waals surface area contributed by atoms with Gasteiger partial charge in [-0.2, -0.15) is 0 Å². The molecule has 0 aliphatic heterocycles. The van der Waals surface area contributed by atoms with E-state index in [0.717, 1.165) is 17.0 Å². The fourth-order valence-electron chi connectivity index (χ4n) is 2.04. The molecule has 1 aromatic carbocycles. The summed E-state index contributed by atoms with van der Waals surface area (Å²) in [6.45, 7) is 4.21. The molecule has 0 bridgehead atoms. The number of benzene rings is 1. The number of aromatic nitrogens is 2. The van der Waals surface area contributed by atoms with Crippen LogP contribution < -0.4 is 10.1 Å². The second-order valence-electron chi connectivity index (χ2n) is 5.62. The van der Waals surface area contributed by atoms with Gasteiger partial charge in [0.25, 0.3) is 0 Å². The molecule has 0 aliphatic rings. The third-order valence-electron chi connectivity index (χ3n) is 3.15. The maximum atomic E-state index is 13.6. The quantitative estimate of drug-likeness (QED) is 0.840. The van der Waals surface area contributed by atoms with Crippen LogP contribution >= 0.6 is 11.3 Å². The average Bonchev–Trinajstić information content (AvgIpc) is 2.91. The van der Waals surface area contributed by atoms with Gasteiger partial charge < -0.3 is 10.1 Å². The molecule has 1 heterocycles. The Labute approximate surface area is 138 Å². The Balaban J connectivity index is 1.85. The number of anilines is 1. The van der Waals surface area contributed by atoms with Gasteiger partial charge >= 0.3 is 0 Å². The van der Waals surface area contributed by atoms with Crippen LogP contribution in [0.15, 0.2) is 18.2 Å². The van der Waals surface area contributed by atoms with Crippen molar-refractivity contribution in [3.05, 3.63) is 34.6 Å². The van der Waals surface area contributed by atoms with E-state index in [1.165, 1.54) is 24.5 Å². The van der Waals surface area contributed by atoms with Crippen molar-refractivity contribution in [2.75, 3.05) is 12.4 Å². The van der Waals surface area contributed by atoms with Gasteiger partial charge in [-0.25, -0.2) is 4.39 Å². The number of hydrogen-bond donors (Lipinski definition) is 1. The normalized spacial score (nSPS) is 10.8. The Hall–Kier alpha value is -2.02. The van der Waals surface area contributed by atoms with Gasteiger partial charge in [-0.3, -0.25) is 4.79 Å². The first-order chi connectivity index (χ1) is 11.0. The molecule has 1 N–H and O–H groups in total. The second-order valence-corrected chi connectivity index (χ2v) is 6.68. The van der Waals surface area contributed by atoms with Crippen molar-refractivity contribution in [2.45, 2.75) is 33.1 Å². The van der Waals surface area contributed by atoms with E-state index in [-0.39, 0.29) is 18.1 Å². The highest BCUT2D eigenvalue weighted by atomic mass is 32.1. The lowest BCUT2D eigenvalue weighted by Gasteiger charge is -2.05. The molecule has 124 valence electrons. The maximum Gasteiger partial charge on any atom is 0.226 e. The first-order valence-electron chi connectivity index (χ1n) is 7.42. The Morgan fingerprint density at radius 1 is 1.39 bits per heavy atom. The standard InChI is InChI=1S/C16H20FN3O2S/c1-10(2)8-15-19-20-16(23-15)18-14(21)7-5-11-4-6-13(22-3)12(17)9-11/h4,6,9-10H,5,7-8H2,1-3H3,(H,18,20,21). The van der Waals surface area contributed by atoms with Gasteiger partial charge in [0, 0.05) is 12.8 Å². The summed E-state index contributed by atoms with van der Waals surface area (Å²) in [5.41, 5.74) is 0.746. The Kier molecular flexibility index (Phi) is 6.04. The molecule has 0 saturated carbocycles. The Bertz CT molecular complexity index is 673. The fraction of sp³-hybridized carbons (Fsp3) is 0.438. The summed E-state index contributed by atoms with van der Waals surface area (Å²) in [6, 6.07) is 4.70. The molecule has 0 atom stereocenters. The van der Waals surface area contributed by atoms with E-state index >= 15 is 0 Å². The van der Waals surface area contributed by atoms with Crippen LogP contribution in [0, 0.1) is 11.7 Å². The first kappa shape index (κ1) is 17.3. The fourth-order valence-corrected chi connectivity index (χ4v) is 3.01. The molecular formula is C16H20FN3O2S. The van der Waals surface area contributed by atoms with Crippen LogP contribution in [0.3, 0.4) is 0 Å². The number of carbonyl (C=O) groups excluding carboxylic acids is 1. The van der Waals surface area contributed by atoms with Gasteiger partial charge in [0.05, 0.1) is 7.11 Å². The molecule has 1 amide bonds.